The Morgan fingerprint density at radius 2 is 1.93 bits per heavy atom. The van der Waals surface area contributed by atoms with Crippen molar-refractivity contribution in [3.8, 4) is 0 Å². The fraction of sp³-hybridized carbons (Fsp3) is 0.238. The normalized spacial score (nSPS) is 11.7. The predicted molar refractivity (Wildman–Crippen MR) is 119 cm³/mol. The van der Waals surface area contributed by atoms with Gasteiger partial charge in [0.25, 0.3) is 5.91 Å². The Bertz CT molecular complexity index is 1070. The van der Waals surface area contributed by atoms with Gasteiger partial charge in [0.05, 0.1) is 22.4 Å². The van der Waals surface area contributed by atoms with Crippen molar-refractivity contribution in [2.75, 3.05) is 11.1 Å². The summed E-state index contributed by atoms with van der Waals surface area (Å²) in [6.45, 7) is 3.79. The van der Waals surface area contributed by atoms with Gasteiger partial charge in [0, 0.05) is 12.7 Å². The van der Waals surface area contributed by atoms with Gasteiger partial charge < -0.3 is 15.2 Å². The molecule has 2 amide bonds. The maximum Gasteiger partial charge on any atom is 0.253 e. The lowest BCUT2D eigenvalue weighted by Crippen LogP contribution is -2.28. The molecule has 0 spiro atoms. The molecule has 7 nitrogen and oxygen atoms in total. The number of hydrogen-bond donors (Lipinski definition) is 2. The molecule has 1 atom stereocenters. The fourth-order valence-electron chi connectivity index (χ4n) is 2.86. The Balaban J connectivity index is 1.59. The second kappa shape index (κ2) is 9.77. The molecule has 0 aliphatic carbocycles. The summed E-state index contributed by atoms with van der Waals surface area (Å²) in [5, 5.41) is 15.0. The van der Waals surface area contributed by atoms with Gasteiger partial charge in [0.15, 0.2) is 11.0 Å². The number of thioether (sulfide) groups is 1. The second-order valence-corrected chi connectivity index (χ2v) is 8.13. The topological polar surface area (TPSA) is 88.9 Å². The van der Waals surface area contributed by atoms with E-state index in [9.17, 15) is 9.59 Å². The van der Waals surface area contributed by atoms with Gasteiger partial charge in [-0.3, -0.25) is 9.59 Å². The van der Waals surface area contributed by atoms with E-state index in [0.717, 1.165) is 11.3 Å². The van der Waals surface area contributed by atoms with Crippen molar-refractivity contribution < 1.29 is 9.59 Å². The highest BCUT2D eigenvalue weighted by Gasteiger charge is 2.20. The summed E-state index contributed by atoms with van der Waals surface area (Å²) in [6.07, 6.45) is 0. The number of hydrogen-bond acceptors (Lipinski definition) is 5. The average molecular weight is 444 g/mol. The van der Waals surface area contributed by atoms with Crippen LogP contribution in [0.5, 0.6) is 0 Å². The SMILES string of the molecule is Cc1cccc(NC(=O)CSc2nnc([C@@H](C)NC(=O)c3ccccc3Cl)n2C)c1. The van der Waals surface area contributed by atoms with E-state index in [0.29, 0.717) is 21.6 Å². The Morgan fingerprint density at radius 1 is 1.17 bits per heavy atom. The van der Waals surface area contributed by atoms with Gasteiger partial charge in [-0.1, -0.05) is 47.6 Å². The number of aryl methyl sites for hydroxylation is 1. The standard InChI is InChI=1S/C21H22ClN5O2S/c1-13-7-6-8-15(11-13)24-18(28)12-30-21-26-25-19(27(21)3)14(2)23-20(29)16-9-4-5-10-17(16)22/h4-11,14H,12H2,1-3H3,(H,23,29)(H,24,28)/t14-/m1/s1. The highest BCUT2D eigenvalue weighted by Crippen LogP contribution is 2.21. The van der Waals surface area contributed by atoms with Crippen LogP contribution >= 0.6 is 23.4 Å². The van der Waals surface area contributed by atoms with Crippen LogP contribution in [0.2, 0.25) is 5.02 Å². The van der Waals surface area contributed by atoms with Gasteiger partial charge in [-0.25, -0.2) is 0 Å². The van der Waals surface area contributed by atoms with Crippen molar-refractivity contribution in [2.45, 2.75) is 25.0 Å². The molecule has 156 valence electrons. The molecule has 0 saturated heterocycles. The zero-order valence-electron chi connectivity index (χ0n) is 16.8. The molecular weight excluding hydrogens is 422 g/mol. The summed E-state index contributed by atoms with van der Waals surface area (Å²) in [4.78, 5) is 24.7. The number of halogens is 1. The average Bonchev–Trinajstić information content (AvgIpc) is 3.07. The van der Waals surface area contributed by atoms with Crippen molar-refractivity contribution in [3.05, 3.63) is 70.5 Å². The smallest absolute Gasteiger partial charge is 0.253 e. The molecule has 0 saturated carbocycles. The number of aromatic nitrogens is 3. The van der Waals surface area contributed by atoms with Crippen LogP contribution in [-0.4, -0.2) is 32.3 Å². The summed E-state index contributed by atoms with van der Waals surface area (Å²) >= 11 is 7.36. The molecule has 2 N–H and O–H groups in total. The molecule has 9 heteroatoms. The van der Waals surface area contributed by atoms with Crippen LogP contribution in [0.1, 0.15) is 34.7 Å². The number of carbonyl (C=O) groups is 2. The summed E-state index contributed by atoms with van der Waals surface area (Å²) in [5.41, 5.74) is 2.23. The Morgan fingerprint density at radius 3 is 2.67 bits per heavy atom. The first-order valence-electron chi connectivity index (χ1n) is 9.29. The van der Waals surface area contributed by atoms with Gasteiger partial charge in [0.1, 0.15) is 0 Å². The molecule has 0 aliphatic rings. The van der Waals surface area contributed by atoms with Crippen LogP contribution < -0.4 is 10.6 Å². The minimum Gasteiger partial charge on any atom is -0.342 e. The van der Waals surface area contributed by atoms with Gasteiger partial charge in [-0.15, -0.1) is 10.2 Å². The van der Waals surface area contributed by atoms with Crippen molar-refractivity contribution >= 4 is 40.9 Å². The van der Waals surface area contributed by atoms with Gasteiger partial charge in [-0.05, 0) is 43.7 Å². The van der Waals surface area contributed by atoms with E-state index in [-0.39, 0.29) is 23.6 Å². The molecule has 0 bridgehead atoms. The van der Waals surface area contributed by atoms with Crippen molar-refractivity contribution in [3.63, 3.8) is 0 Å². The van der Waals surface area contributed by atoms with Crippen molar-refractivity contribution in [2.24, 2.45) is 7.05 Å². The van der Waals surface area contributed by atoms with E-state index < -0.39 is 0 Å². The van der Waals surface area contributed by atoms with Crippen LogP contribution in [0.25, 0.3) is 0 Å². The van der Waals surface area contributed by atoms with Crippen LogP contribution in [-0.2, 0) is 11.8 Å². The molecule has 0 unspecified atom stereocenters. The molecule has 0 fully saturated rings. The maximum atomic E-state index is 12.5. The molecule has 0 aliphatic heterocycles. The minimum atomic E-state index is -0.387. The molecular formula is C21H22ClN5O2S. The van der Waals surface area contributed by atoms with Crippen LogP contribution in [0.3, 0.4) is 0 Å². The Labute approximate surface area is 184 Å². The van der Waals surface area contributed by atoms with Crippen molar-refractivity contribution in [1.82, 2.24) is 20.1 Å². The lowest BCUT2D eigenvalue weighted by Gasteiger charge is -2.14. The van der Waals surface area contributed by atoms with E-state index >= 15 is 0 Å². The molecule has 3 aromatic rings. The van der Waals surface area contributed by atoms with E-state index in [2.05, 4.69) is 20.8 Å². The highest BCUT2D eigenvalue weighted by atomic mass is 35.5. The third-order valence-corrected chi connectivity index (χ3v) is 5.71. The third kappa shape index (κ3) is 5.40. The molecule has 1 heterocycles. The van der Waals surface area contributed by atoms with E-state index in [1.807, 2.05) is 38.1 Å². The number of nitrogens with one attached hydrogen (secondary N) is 2. The zero-order chi connectivity index (χ0) is 21.7. The number of carbonyl (C=O) groups excluding carboxylic acids is 2. The number of anilines is 1. The third-order valence-electron chi connectivity index (χ3n) is 4.36. The fourth-order valence-corrected chi connectivity index (χ4v) is 3.80. The van der Waals surface area contributed by atoms with Crippen molar-refractivity contribution in [1.29, 1.82) is 0 Å². The number of nitrogens with zero attached hydrogens (tertiary/aromatic N) is 3. The Kier molecular flexibility index (Phi) is 7.12. The molecule has 30 heavy (non-hydrogen) atoms. The first-order chi connectivity index (χ1) is 14.3. The summed E-state index contributed by atoms with van der Waals surface area (Å²) in [6, 6.07) is 14.1. The van der Waals surface area contributed by atoms with E-state index in [4.69, 9.17) is 11.6 Å². The summed E-state index contributed by atoms with van der Waals surface area (Å²) < 4.78 is 1.77. The first kappa shape index (κ1) is 21.9. The predicted octanol–water partition coefficient (Wildman–Crippen LogP) is 4.00. The largest absolute Gasteiger partial charge is 0.342 e. The molecule has 0 radical (unpaired) electrons. The molecule has 2 aromatic carbocycles. The van der Waals surface area contributed by atoms with Gasteiger partial charge >= 0.3 is 0 Å². The van der Waals surface area contributed by atoms with E-state index in [1.54, 1.807) is 35.9 Å². The van der Waals surface area contributed by atoms with Crippen LogP contribution in [0.4, 0.5) is 5.69 Å². The minimum absolute atomic E-state index is 0.129. The monoisotopic (exact) mass is 443 g/mol. The highest BCUT2D eigenvalue weighted by molar-refractivity contribution is 7.99. The second-order valence-electron chi connectivity index (χ2n) is 6.78. The van der Waals surface area contributed by atoms with Gasteiger partial charge in [0.2, 0.25) is 5.91 Å². The van der Waals surface area contributed by atoms with Crippen LogP contribution in [0.15, 0.2) is 53.7 Å². The molecule has 3 rings (SSSR count). The van der Waals surface area contributed by atoms with Crippen LogP contribution in [0, 0.1) is 6.92 Å². The number of amides is 2. The summed E-state index contributed by atoms with van der Waals surface area (Å²) in [7, 11) is 1.80. The first-order valence-corrected chi connectivity index (χ1v) is 10.7. The lowest BCUT2D eigenvalue weighted by atomic mass is 10.2. The number of rotatable bonds is 7. The lowest BCUT2D eigenvalue weighted by molar-refractivity contribution is -0.113. The zero-order valence-corrected chi connectivity index (χ0v) is 18.4. The Hall–Kier alpha value is -2.84. The van der Waals surface area contributed by atoms with E-state index in [1.165, 1.54) is 11.8 Å². The summed E-state index contributed by atoms with van der Waals surface area (Å²) in [5.74, 6) is 0.357. The number of benzene rings is 2. The quantitative estimate of drug-likeness (QED) is 0.539. The maximum absolute atomic E-state index is 12.5. The molecule has 1 aromatic heterocycles. The van der Waals surface area contributed by atoms with Gasteiger partial charge in [-0.2, -0.15) is 0 Å².